The Kier molecular flexibility index (Phi) is 3.60. The number of ether oxygens (including phenoxy) is 1. The highest BCUT2D eigenvalue weighted by molar-refractivity contribution is 7.71. The lowest BCUT2D eigenvalue weighted by molar-refractivity contribution is 0.0819. The monoisotopic (exact) mass is 242 g/mol. The lowest BCUT2D eigenvalue weighted by Gasteiger charge is -2.22. The fraction of sp³-hybridized carbons (Fsp3) is 0.800. The largest absolute Gasteiger partial charge is 0.377 e. The lowest BCUT2D eigenvalue weighted by atomic mass is 10.3. The van der Waals surface area contributed by atoms with E-state index in [1.165, 1.54) is 0 Å². The van der Waals surface area contributed by atoms with Gasteiger partial charge in [-0.3, -0.25) is 4.57 Å². The van der Waals surface area contributed by atoms with Crippen molar-refractivity contribution >= 4 is 18.2 Å². The molecule has 0 radical (unpaired) electrons. The molecule has 1 aromatic heterocycles. The Morgan fingerprint density at radius 1 is 1.62 bits per heavy atom. The van der Waals surface area contributed by atoms with Crippen molar-refractivity contribution in [1.82, 2.24) is 14.8 Å². The van der Waals surface area contributed by atoms with Crippen molar-refractivity contribution in [3.63, 3.8) is 0 Å². The maximum Gasteiger partial charge on any atom is 0.225 e. The third-order valence-electron chi connectivity index (χ3n) is 2.79. The summed E-state index contributed by atoms with van der Waals surface area (Å²) in [5, 5.41) is 7.16. The average Bonchev–Trinajstić information content (AvgIpc) is 2.49. The summed E-state index contributed by atoms with van der Waals surface area (Å²) >= 11 is 5.19. The third kappa shape index (κ3) is 2.27. The third-order valence-corrected chi connectivity index (χ3v) is 3.10. The van der Waals surface area contributed by atoms with E-state index in [2.05, 4.69) is 28.9 Å². The van der Waals surface area contributed by atoms with Gasteiger partial charge in [0.25, 0.3) is 0 Å². The summed E-state index contributed by atoms with van der Waals surface area (Å²) < 4.78 is 8.33. The van der Waals surface area contributed by atoms with Crippen LogP contribution in [0.25, 0.3) is 0 Å². The second-order valence-electron chi connectivity index (χ2n) is 4.05. The van der Waals surface area contributed by atoms with Gasteiger partial charge < -0.3 is 9.64 Å². The molecule has 1 aliphatic heterocycles. The van der Waals surface area contributed by atoms with Gasteiger partial charge in [0, 0.05) is 26.2 Å². The second-order valence-corrected chi connectivity index (χ2v) is 4.44. The zero-order chi connectivity index (χ0) is 11.5. The number of anilines is 1. The smallest absolute Gasteiger partial charge is 0.225 e. The molecule has 1 unspecified atom stereocenters. The van der Waals surface area contributed by atoms with Gasteiger partial charge in [0.1, 0.15) is 0 Å². The SMILES string of the molecule is CCn1c(N2CCCOC(C)C2)n[nH]c1=S. The van der Waals surface area contributed by atoms with E-state index in [1.807, 2.05) is 4.57 Å². The normalized spacial score (nSPS) is 22.1. The van der Waals surface area contributed by atoms with Gasteiger partial charge in [-0.05, 0) is 32.5 Å². The van der Waals surface area contributed by atoms with Crippen molar-refractivity contribution in [1.29, 1.82) is 0 Å². The Balaban J connectivity index is 2.24. The Labute approximate surface area is 100 Å². The van der Waals surface area contributed by atoms with E-state index in [-0.39, 0.29) is 6.10 Å². The zero-order valence-electron chi connectivity index (χ0n) is 9.77. The molecule has 1 saturated heterocycles. The minimum atomic E-state index is 0.248. The van der Waals surface area contributed by atoms with E-state index in [4.69, 9.17) is 17.0 Å². The van der Waals surface area contributed by atoms with Crippen molar-refractivity contribution in [3.8, 4) is 0 Å². The standard InChI is InChI=1S/C10H18N4OS/c1-3-14-9(11-12-10(14)16)13-5-4-6-15-8(2)7-13/h8H,3-7H2,1-2H3,(H,12,16). The maximum atomic E-state index is 5.62. The van der Waals surface area contributed by atoms with E-state index in [0.717, 1.165) is 38.6 Å². The molecule has 1 atom stereocenters. The van der Waals surface area contributed by atoms with Gasteiger partial charge >= 0.3 is 0 Å². The average molecular weight is 242 g/mol. The van der Waals surface area contributed by atoms with E-state index in [9.17, 15) is 0 Å². The van der Waals surface area contributed by atoms with E-state index in [0.29, 0.717) is 4.77 Å². The molecule has 5 nitrogen and oxygen atoms in total. The summed E-state index contributed by atoms with van der Waals surface area (Å²) in [6.45, 7) is 7.69. The molecule has 2 heterocycles. The van der Waals surface area contributed by atoms with E-state index >= 15 is 0 Å². The van der Waals surface area contributed by atoms with E-state index in [1.54, 1.807) is 0 Å². The van der Waals surface area contributed by atoms with Gasteiger partial charge in [-0.2, -0.15) is 0 Å². The molecule has 0 bridgehead atoms. The summed E-state index contributed by atoms with van der Waals surface area (Å²) in [5.41, 5.74) is 0. The number of aromatic amines is 1. The summed E-state index contributed by atoms with van der Waals surface area (Å²) in [6, 6.07) is 0. The first-order valence-electron chi connectivity index (χ1n) is 5.74. The van der Waals surface area contributed by atoms with Crippen LogP contribution in [0.5, 0.6) is 0 Å². The fourth-order valence-corrected chi connectivity index (χ4v) is 2.27. The first kappa shape index (κ1) is 11.6. The van der Waals surface area contributed by atoms with Crippen LogP contribution in [0.2, 0.25) is 0 Å². The highest BCUT2D eigenvalue weighted by atomic mass is 32.1. The molecule has 0 aromatic carbocycles. The second kappa shape index (κ2) is 4.97. The number of hydrogen-bond donors (Lipinski definition) is 1. The molecule has 2 rings (SSSR count). The number of hydrogen-bond acceptors (Lipinski definition) is 4. The zero-order valence-corrected chi connectivity index (χ0v) is 10.6. The number of rotatable bonds is 2. The van der Waals surface area contributed by atoms with Crippen molar-refractivity contribution in [3.05, 3.63) is 4.77 Å². The molecule has 0 saturated carbocycles. The highest BCUT2D eigenvalue weighted by Gasteiger charge is 2.19. The number of aromatic nitrogens is 3. The maximum absolute atomic E-state index is 5.62. The van der Waals surface area contributed by atoms with Gasteiger partial charge in [0.05, 0.1) is 6.10 Å². The van der Waals surface area contributed by atoms with Crippen LogP contribution in [0.3, 0.4) is 0 Å². The van der Waals surface area contributed by atoms with Gasteiger partial charge in [0.2, 0.25) is 5.95 Å². The van der Waals surface area contributed by atoms with Crippen LogP contribution in [0.4, 0.5) is 5.95 Å². The Morgan fingerprint density at radius 3 is 3.19 bits per heavy atom. The van der Waals surface area contributed by atoms with Crippen LogP contribution in [0.1, 0.15) is 20.3 Å². The molecule has 16 heavy (non-hydrogen) atoms. The van der Waals surface area contributed by atoms with Crippen LogP contribution in [0, 0.1) is 4.77 Å². The van der Waals surface area contributed by atoms with E-state index < -0.39 is 0 Å². The first-order chi connectivity index (χ1) is 7.72. The molecular weight excluding hydrogens is 224 g/mol. The van der Waals surface area contributed by atoms with Crippen molar-refractivity contribution < 1.29 is 4.74 Å². The molecule has 0 spiro atoms. The van der Waals surface area contributed by atoms with Crippen LogP contribution in [0.15, 0.2) is 0 Å². The molecule has 0 amide bonds. The van der Waals surface area contributed by atoms with Crippen LogP contribution in [-0.2, 0) is 11.3 Å². The molecular formula is C10H18N4OS. The predicted molar refractivity (Wildman–Crippen MR) is 65.3 cm³/mol. The number of nitrogens with one attached hydrogen (secondary N) is 1. The summed E-state index contributed by atoms with van der Waals surface area (Å²) in [6.07, 6.45) is 1.28. The number of nitrogens with zero attached hydrogens (tertiary/aromatic N) is 3. The molecule has 1 N–H and O–H groups in total. The van der Waals surface area contributed by atoms with Gasteiger partial charge in [-0.1, -0.05) is 0 Å². The molecule has 1 fully saturated rings. The minimum Gasteiger partial charge on any atom is -0.377 e. The fourth-order valence-electron chi connectivity index (χ4n) is 2.01. The minimum absolute atomic E-state index is 0.248. The summed E-state index contributed by atoms with van der Waals surface area (Å²) in [7, 11) is 0. The van der Waals surface area contributed by atoms with Crippen molar-refractivity contribution in [2.24, 2.45) is 0 Å². The Bertz CT molecular complexity index is 400. The first-order valence-corrected chi connectivity index (χ1v) is 6.15. The van der Waals surface area contributed by atoms with Crippen molar-refractivity contribution in [2.75, 3.05) is 24.6 Å². The number of H-pyrrole nitrogens is 1. The highest BCUT2D eigenvalue weighted by Crippen LogP contribution is 2.15. The Morgan fingerprint density at radius 2 is 2.44 bits per heavy atom. The Hall–Kier alpha value is -0.880. The van der Waals surface area contributed by atoms with Gasteiger partial charge in [-0.25, -0.2) is 5.10 Å². The van der Waals surface area contributed by atoms with Crippen LogP contribution in [-0.4, -0.2) is 40.6 Å². The van der Waals surface area contributed by atoms with Gasteiger partial charge in [-0.15, -0.1) is 5.10 Å². The molecule has 6 heteroatoms. The molecule has 1 aromatic rings. The summed E-state index contributed by atoms with van der Waals surface area (Å²) in [5.74, 6) is 0.935. The molecule has 90 valence electrons. The van der Waals surface area contributed by atoms with Gasteiger partial charge in [0.15, 0.2) is 4.77 Å². The molecule has 0 aliphatic carbocycles. The van der Waals surface area contributed by atoms with Crippen LogP contribution >= 0.6 is 12.2 Å². The quantitative estimate of drug-likeness (QED) is 0.800. The lowest BCUT2D eigenvalue weighted by Crippen LogP contribution is -2.32. The molecule has 1 aliphatic rings. The summed E-state index contributed by atoms with van der Waals surface area (Å²) in [4.78, 5) is 2.24. The van der Waals surface area contributed by atoms with Crippen LogP contribution < -0.4 is 4.90 Å². The van der Waals surface area contributed by atoms with Crippen molar-refractivity contribution in [2.45, 2.75) is 32.9 Å². The topological polar surface area (TPSA) is 46.1 Å². The predicted octanol–water partition coefficient (Wildman–Crippen LogP) is 1.58.